The van der Waals surface area contributed by atoms with Crippen LogP contribution in [0.5, 0.6) is 0 Å². The molecule has 6 nitrogen and oxygen atoms in total. The Hall–Kier alpha value is -2.15. The fourth-order valence-electron chi connectivity index (χ4n) is 4.87. The van der Waals surface area contributed by atoms with E-state index in [2.05, 4.69) is 15.6 Å². The van der Waals surface area contributed by atoms with E-state index in [1.807, 2.05) is 20.2 Å². The number of benzene rings is 1. The summed E-state index contributed by atoms with van der Waals surface area (Å²) in [6, 6.07) is 6.88. The number of guanidine groups is 1. The smallest absolute Gasteiger partial charge is 0.230 e. The third-order valence-electron chi connectivity index (χ3n) is 6.72. The van der Waals surface area contributed by atoms with E-state index >= 15 is 0 Å². The van der Waals surface area contributed by atoms with Crippen molar-refractivity contribution in [1.82, 2.24) is 15.5 Å². The van der Waals surface area contributed by atoms with Crippen LogP contribution >= 0.6 is 0 Å². The number of ether oxygens (including phenoxy) is 1. The van der Waals surface area contributed by atoms with E-state index < -0.39 is 0 Å². The molecule has 1 aromatic carbocycles. The van der Waals surface area contributed by atoms with Crippen LogP contribution < -0.4 is 10.6 Å². The maximum Gasteiger partial charge on any atom is 0.230 e. The number of hydrogen-bond acceptors (Lipinski definition) is 3. The van der Waals surface area contributed by atoms with Crippen LogP contribution in [0.15, 0.2) is 29.3 Å². The molecule has 2 aliphatic rings. The fourth-order valence-corrected chi connectivity index (χ4v) is 4.87. The summed E-state index contributed by atoms with van der Waals surface area (Å²) in [4.78, 5) is 18.9. The first-order valence-electron chi connectivity index (χ1n) is 10.9. The zero-order valence-corrected chi connectivity index (χ0v) is 18.5. The van der Waals surface area contributed by atoms with Gasteiger partial charge in [0.05, 0.1) is 5.41 Å². The van der Waals surface area contributed by atoms with Gasteiger partial charge in [0.25, 0.3) is 0 Å². The van der Waals surface area contributed by atoms with Gasteiger partial charge in [-0.15, -0.1) is 0 Å². The number of halogens is 1. The van der Waals surface area contributed by atoms with Crippen LogP contribution in [0.3, 0.4) is 0 Å². The highest BCUT2D eigenvalue weighted by atomic mass is 19.1. The van der Waals surface area contributed by atoms with Crippen molar-refractivity contribution < 1.29 is 13.9 Å². The van der Waals surface area contributed by atoms with Crippen LogP contribution in [0.25, 0.3) is 0 Å². The summed E-state index contributed by atoms with van der Waals surface area (Å²) >= 11 is 0. The van der Waals surface area contributed by atoms with Crippen molar-refractivity contribution in [2.24, 2.45) is 10.4 Å². The molecule has 0 bridgehead atoms. The second-order valence-corrected chi connectivity index (χ2v) is 8.87. The van der Waals surface area contributed by atoms with Gasteiger partial charge in [-0.05, 0) is 43.4 Å². The van der Waals surface area contributed by atoms with Crippen LogP contribution in [-0.2, 0) is 14.9 Å². The number of carbonyl (C=O) groups is 1. The van der Waals surface area contributed by atoms with E-state index in [9.17, 15) is 9.18 Å². The van der Waals surface area contributed by atoms with E-state index in [0.29, 0.717) is 32.3 Å². The van der Waals surface area contributed by atoms with Crippen molar-refractivity contribution in [2.45, 2.75) is 43.9 Å². The molecule has 2 N–H and O–H groups in total. The Morgan fingerprint density at radius 1 is 1.13 bits per heavy atom. The molecule has 1 saturated heterocycles. The quantitative estimate of drug-likeness (QED) is 0.551. The van der Waals surface area contributed by atoms with Gasteiger partial charge in [0.1, 0.15) is 5.82 Å². The molecule has 0 spiro atoms. The predicted octanol–water partition coefficient (Wildman–Crippen LogP) is 2.69. The lowest BCUT2D eigenvalue weighted by Gasteiger charge is -2.38. The molecule has 0 radical (unpaired) electrons. The Morgan fingerprint density at radius 3 is 2.40 bits per heavy atom. The lowest BCUT2D eigenvalue weighted by Crippen LogP contribution is -2.52. The van der Waals surface area contributed by atoms with Gasteiger partial charge in [-0.3, -0.25) is 9.79 Å². The van der Waals surface area contributed by atoms with Crippen molar-refractivity contribution in [3.05, 3.63) is 35.6 Å². The Bertz CT molecular complexity index is 753. The minimum Gasteiger partial charge on any atom is -0.381 e. The first-order chi connectivity index (χ1) is 14.4. The van der Waals surface area contributed by atoms with Gasteiger partial charge in [0.2, 0.25) is 5.91 Å². The number of carbonyl (C=O) groups excluding carboxylic acids is 1. The molecule has 1 aliphatic heterocycles. The number of aliphatic imine (C=N–C) groups is 1. The molecule has 30 heavy (non-hydrogen) atoms. The Kier molecular flexibility index (Phi) is 7.34. The Balaban J connectivity index is 1.68. The molecular weight excluding hydrogens is 383 g/mol. The highest BCUT2D eigenvalue weighted by molar-refractivity contribution is 5.85. The number of nitrogens with zero attached hydrogens (tertiary/aromatic N) is 2. The summed E-state index contributed by atoms with van der Waals surface area (Å²) in [5, 5.41) is 6.84. The van der Waals surface area contributed by atoms with Crippen LogP contribution in [0, 0.1) is 11.2 Å². The van der Waals surface area contributed by atoms with Gasteiger partial charge >= 0.3 is 0 Å². The number of nitrogens with one attached hydrogen (secondary N) is 2. The van der Waals surface area contributed by atoms with Gasteiger partial charge in [0.15, 0.2) is 5.96 Å². The number of hydrogen-bond donors (Lipinski definition) is 2. The third kappa shape index (κ3) is 4.94. The van der Waals surface area contributed by atoms with Crippen LogP contribution in [-0.4, -0.2) is 64.2 Å². The molecule has 2 fully saturated rings. The molecule has 0 unspecified atom stereocenters. The zero-order chi connectivity index (χ0) is 21.6. The molecule has 0 aromatic heterocycles. The lowest BCUT2D eigenvalue weighted by molar-refractivity contribution is -0.138. The molecule has 1 amide bonds. The Labute approximate surface area is 179 Å². The van der Waals surface area contributed by atoms with Crippen LogP contribution in [0.4, 0.5) is 4.39 Å². The van der Waals surface area contributed by atoms with E-state index in [0.717, 1.165) is 44.1 Å². The average molecular weight is 419 g/mol. The first kappa shape index (κ1) is 22.5. The van der Waals surface area contributed by atoms with Crippen molar-refractivity contribution >= 4 is 11.9 Å². The van der Waals surface area contributed by atoms with Crippen LogP contribution in [0.2, 0.25) is 0 Å². The topological polar surface area (TPSA) is 66.0 Å². The SMILES string of the molecule is CN=C(NCC1(C(=O)N(C)C)CCCC1)NCC1(c2cccc(F)c2)CCOCC1. The molecule has 1 aromatic rings. The van der Waals surface area contributed by atoms with Crippen molar-refractivity contribution in [1.29, 1.82) is 0 Å². The van der Waals surface area contributed by atoms with Crippen molar-refractivity contribution in [3.8, 4) is 0 Å². The highest BCUT2D eigenvalue weighted by Gasteiger charge is 2.42. The van der Waals surface area contributed by atoms with Gasteiger partial charge in [-0.1, -0.05) is 25.0 Å². The second kappa shape index (κ2) is 9.77. The number of amides is 1. The summed E-state index contributed by atoms with van der Waals surface area (Å²) in [6.45, 7) is 2.52. The van der Waals surface area contributed by atoms with Crippen molar-refractivity contribution in [2.75, 3.05) is 47.4 Å². The monoisotopic (exact) mass is 418 g/mol. The largest absolute Gasteiger partial charge is 0.381 e. The van der Waals surface area contributed by atoms with Gasteiger partial charge in [-0.25, -0.2) is 4.39 Å². The molecule has 1 heterocycles. The van der Waals surface area contributed by atoms with Gasteiger partial charge in [0, 0.05) is 52.9 Å². The van der Waals surface area contributed by atoms with Gasteiger partial charge in [-0.2, -0.15) is 0 Å². The standard InChI is InChI=1S/C23H35FN4O2/c1-25-21(27-17-23(9-4-5-10-23)20(29)28(2)3)26-16-22(11-13-30-14-12-22)18-7-6-8-19(24)15-18/h6-8,15H,4-5,9-14,16-17H2,1-3H3,(H2,25,26,27). The fraction of sp³-hybridized carbons (Fsp3) is 0.652. The first-order valence-corrected chi connectivity index (χ1v) is 10.9. The maximum atomic E-state index is 13.9. The molecule has 7 heteroatoms. The molecule has 166 valence electrons. The van der Waals surface area contributed by atoms with Crippen molar-refractivity contribution in [3.63, 3.8) is 0 Å². The molecule has 1 saturated carbocycles. The van der Waals surface area contributed by atoms with Gasteiger partial charge < -0.3 is 20.3 Å². The third-order valence-corrected chi connectivity index (χ3v) is 6.72. The zero-order valence-electron chi connectivity index (χ0n) is 18.5. The minimum atomic E-state index is -0.361. The normalized spacial score (nSPS) is 20.6. The molecule has 3 rings (SSSR count). The summed E-state index contributed by atoms with van der Waals surface area (Å²) in [5.41, 5.74) is 0.423. The maximum absolute atomic E-state index is 13.9. The summed E-state index contributed by atoms with van der Waals surface area (Å²) in [7, 11) is 5.38. The van der Waals surface area contributed by atoms with E-state index in [4.69, 9.17) is 4.74 Å². The molecule has 1 aliphatic carbocycles. The molecule has 0 atom stereocenters. The summed E-state index contributed by atoms with van der Waals surface area (Å²) in [6.07, 6.45) is 5.61. The van der Waals surface area contributed by atoms with E-state index in [1.54, 1.807) is 24.1 Å². The highest BCUT2D eigenvalue weighted by Crippen LogP contribution is 2.39. The predicted molar refractivity (Wildman–Crippen MR) is 117 cm³/mol. The second-order valence-electron chi connectivity index (χ2n) is 8.87. The number of rotatable bonds is 6. The van der Waals surface area contributed by atoms with Crippen LogP contribution in [0.1, 0.15) is 44.1 Å². The molecular formula is C23H35FN4O2. The van der Waals surface area contributed by atoms with E-state index in [1.165, 1.54) is 6.07 Å². The summed E-state index contributed by atoms with van der Waals surface area (Å²) < 4.78 is 19.5. The average Bonchev–Trinajstić information content (AvgIpc) is 3.24. The summed E-state index contributed by atoms with van der Waals surface area (Å²) in [5.74, 6) is 0.643. The van der Waals surface area contributed by atoms with E-state index in [-0.39, 0.29) is 22.6 Å². The lowest BCUT2D eigenvalue weighted by atomic mass is 9.74. The Morgan fingerprint density at radius 2 is 1.80 bits per heavy atom. The minimum absolute atomic E-state index is 0.184.